The van der Waals surface area contributed by atoms with Crippen LogP contribution < -0.4 is 0 Å². The summed E-state index contributed by atoms with van der Waals surface area (Å²) < 4.78 is 0. The normalized spacial score (nSPS) is 10.2. The first kappa shape index (κ1) is 7.76. The molecule has 0 aliphatic rings. The second kappa shape index (κ2) is 3.74. The van der Waals surface area contributed by atoms with Gasteiger partial charge in [-0.3, -0.25) is 0 Å². The molecule has 0 saturated carbocycles. The van der Waals surface area contributed by atoms with Gasteiger partial charge in [0.15, 0.2) is 0 Å². The van der Waals surface area contributed by atoms with Gasteiger partial charge in [0.2, 0.25) is 0 Å². The number of hydrogen-bond acceptors (Lipinski definition) is 2. The highest BCUT2D eigenvalue weighted by Gasteiger charge is 1.94. The molecule has 1 aromatic heterocycles. The fourth-order valence-electron chi connectivity index (χ4n) is 0.912. The van der Waals surface area contributed by atoms with Gasteiger partial charge in [-0.05, 0) is 36.8 Å². The molecule has 10 heavy (non-hydrogen) atoms. The van der Waals surface area contributed by atoms with E-state index in [4.69, 9.17) is 5.11 Å². The van der Waals surface area contributed by atoms with Crippen LogP contribution in [0.1, 0.15) is 16.9 Å². The number of aliphatic hydroxyl groups excluding tert-OH is 1. The number of aliphatic hydroxyl groups is 1. The Bertz CT molecular complexity index is 193. The summed E-state index contributed by atoms with van der Waals surface area (Å²) in [4.78, 5) is 1.35. The highest BCUT2D eigenvalue weighted by atomic mass is 32.1. The molecule has 1 aromatic rings. The summed E-state index contributed by atoms with van der Waals surface area (Å²) in [6.07, 6.45) is 1.90. The molecule has 2 heteroatoms. The third-order valence-corrected chi connectivity index (χ3v) is 2.32. The van der Waals surface area contributed by atoms with E-state index < -0.39 is 0 Å². The first-order valence-corrected chi connectivity index (χ1v) is 4.36. The highest BCUT2D eigenvalue weighted by molar-refractivity contribution is 7.10. The molecule has 56 valence electrons. The second-order valence-electron chi connectivity index (χ2n) is 2.39. The van der Waals surface area contributed by atoms with E-state index in [0.29, 0.717) is 6.61 Å². The van der Waals surface area contributed by atoms with Crippen LogP contribution in [-0.4, -0.2) is 11.7 Å². The van der Waals surface area contributed by atoms with Gasteiger partial charge in [0, 0.05) is 11.5 Å². The van der Waals surface area contributed by atoms with Crippen molar-refractivity contribution in [3.63, 3.8) is 0 Å². The van der Waals surface area contributed by atoms with Gasteiger partial charge in [-0.15, -0.1) is 11.3 Å². The van der Waals surface area contributed by atoms with Crippen molar-refractivity contribution < 1.29 is 5.11 Å². The molecule has 0 saturated heterocycles. The summed E-state index contributed by atoms with van der Waals surface area (Å²) in [5.41, 5.74) is 1.36. The van der Waals surface area contributed by atoms with Gasteiger partial charge >= 0.3 is 0 Å². The van der Waals surface area contributed by atoms with Crippen LogP contribution in [0.25, 0.3) is 0 Å². The smallest absolute Gasteiger partial charge is 0.0434 e. The highest BCUT2D eigenvalue weighted by Crippen LogP contribution is 2.14. The lowest BCUT2D eigenvalue weighted by Crippen LogP contribution is -1.85. The van der Waals surface area contributed by atoms with Gasteiger partial charge in [-0.2, -0.15) is 0 Å². The Morgan fingerprint density at radius 2 is 2.40 bits per heavy atom. The third kappa shape index (κ3) is 2.12. The van der Waals surface area contributed by atoms with Gasteiger partial charge in [-0.1, -0.05) is 0 Å². The lowest BCUT2D eigenvalue weighted by molar-refractivity contribution is 0.288. The molecule has 0 aliphatic carbocycles. The zero-order valence-corrected chi connectivity index (χ0v) is 6.95. The molecule has 1 nitrogen and oxygen atoms in total. The Kier molecular flexibility index (Phi) is 2.90. The van der Waals surface area contributed by atoms with Crippen molar-refractivity contribution in [1.82, 2.24) is 0 Å². The fraction of sp³-hybridized carbons (Fsp3) is 0.500. The van der Waals surface area contributed by atoms with Crippen LogP contribution in [0, 0.1) is 6.92 Å². The van der Waals surface area contributed by atoms with Crippen molar-refractivity contribution in [2.45, 2.75) is 19.8 Å². The van der Waals surface area contributed by atoms with E-state index in [-0.39, 0.29) is 0 Å². The van der Waals surface area contributed by atoms with Crippen molar-refractivity contribution in [3.8, 4) is 0 Å². The van der Waals surface area contributed by atoms with Crippen LogP contribution in [-0.2, 0) is 6.42 Å². The predicted octanol–water partition coefficient (Wildman–Crippen LogP) is 1.98. The number of hydrogen-bond donors (Lipinski definition) is 1. The lowest BCUT2D eigenvalue weighted by atomic mass is 10.2. The topological polar surface area (TPSA) is 20.2 Å². The minimum atomic E-state index is 0.300. The molecule has 0 fully saturated rings. The van der Waals surface area contributed by atoms with Gasteiger partial charge < -0.3 is 5.11 Å². The molecule has 1 rings (SSSR count). The predicted molar refractivity (Wildman–Crippen MR) is 44.5 cm³/mol. The largest absolute Gasteiger partial charge is 0.396 e. The molecule has 0 aliphatic heterocycles. The molecule has 0 radical (unpaired) electrons. The SMILES string of the molecule is Cc1cc(CCCO)cs1. The molecule has 1 N–H and O–H groups in total. The van der Waals surface area contributed by atoms with E-state index in [1.165, 1.54) is 10.4 Å². The van der Waals surface area contributed by atoms with E-state index >= 15 is 0 Å². The molecular weight excluding hydrogens is 144 g/mol. The maximum absolute atomic E-state index is 8.54. The molecule has 0 atom stereocenters. The summed E-state index contributed by atoms with van der Waals surface area (Å²) in [6.45, 7) is 2.40. The van der Waals surface area contributed by atoms with E-state index in [9.17, 15) is 0 Å². The molecule has 0 spiro atoms. The van der Waals surface area contributed by atoms with Crippen LogP contribution in [0.2, 0.25) is 0 Å². The van der Waals surface area contributed by atoms with Crippen molar-refractivity contribution in [2.75, 3.05) is 6.61 Å². The van der Waals surface area contributed by atoms with Crippen LogP contribution in [0.4, 0.5) is 0 Å². The van der Waals surface area contributed by atoms with Gasteiger partial charge in [-0.25, -0.2) is 0 Å². The summed E-state index contributed by atoms with van der Waals surface area (Å²) in [5.74, 6) is 0. The van der Waals surface area contributed by atoms with Crippen molar-refractivity contribution in [1.29, 1.82) is 0 Å². The van der Waals surface area contributed by atoms with Gasteiger partial charge in [0.05, 0.1) is 0 Å². The summed E-state index contributed by atoms with van der Waals surface area (Å²) in [5, 5.41) is 10.7. The van der Waals surface area contributed by atoms with Crippen molar-refractivity contribution >= 4 is 11.3 Å². The Labute approximate surface area is 65.3 Å². The summed E-state index contributed by atoms with van der Waals surface area (Å²) >= 11 is 1.77. The summed E-state index contributed by atoms with van der Waals surface area (Å²) in [7, 11) is 0. The van der Waals surface area contributed by atoms with Gasteiger partial charge in [0.1, 0.15) is 0 Å². The quantitative estimate of drug-likeness (QED) is 0.709. The molecule has 0 unspecified atom stereocenters. The first-order chi connectivity index (χ1) is 4.83. The molecule has 0 amide bonds. The number of aryl methyl sites for hydroxylation is 2. The summed E-state index contributed by atoms with van der Waals surface area (Å²) in [6, 6.07) is 2.18. The van der Waals surface area contributed by atoms with Crippen molar-refractivity contribution in [2.24, 2.45) is 0 Å². The van der Waals surface area contributed by atoms with Crippen LogP contribution in [0.15, 0.2) is 11.4 Å². The Hall–Kier alpha value is -0.340. The molecule has 1 heterocycles. The fourth-order valence-corrected chi connectivity index (χ4v) is 1.65. The average molecular weight is 156 g/mol. The van der Waals surface area contributed by atoms with E-state index in [1.54, 1.807) is 11.3 Å². The molecular formula is C8H12OS. The Morgan fingerprint density at radius 3 is 2.90 bits per heavy atom. The molecule has 0 bridgehead atoms. The number of rotatable bonds is 3. The maximum atomic E-state index is 8.54. The van der Waals surface area contributed by atoms with Crippen LogP contribution in [0.3, 0.4) is 0 Å². The first-order valence-electron chi connectivity index (χ1n) is 3.48. The zero-order chi connectivity index (χ0) is 7.40. The Balaban J connectivity index is 2.42. The minimum absolute atomic E-state index is 0.300. The van der Waals surface area contributed by atoms with Gasteiger partial charge in [0.25, 0.3) is 0 Å². The zero-order valence-electron chi connectivity index (χ0n) is 6.13. The minimum Gasteiger partial charge on any atom is -0.396 e. The average Bonchev–Trinajstić information content (AvgIpc) is 2.31. The standard InChI is InChI=1S/C8H12OS/c1-7-5-8(6-10-7)3-2-4-9/h5-6,9H,2-4H2,1H3. The molecule has 0 aromatic carbocycles. The maximum Gasteiger partial charge on any atom is 0.0434 e. The Morgan fingerprint density at radius 1 is 1.60 bits per heavy atom. The second-order valence-corrected chi connectivity index (χ2v) is 3.51. The van der Waals surface area contributed by atoms with Crippen LogP contribution in [0.5, 0.6) is 0 Å². The number of thiophene rings is 1. The van der Waals surface area contributed by atoms with Crippen LogP contribution >= 0.6 is 11.3 Å². The monoisotopic (exact) mass is 156 g/mol. The third-order valence-electron chi connectivity index (χ3n) is 1.41. The van der Waals surface area contributed by atoms with Crippen molar-refractivity contribution in [3.05, 3.63) is 21.9 Å². The van der Waals surface area contributed by atoms with E-state index in [2.05, 4.69) is 18.4 Å². The van der Waals surface area contributed by atoms with E-state index in [0.717, 1.165) is 12.8 Å². The lowest BCUT2D eigenvalue weighted by Gasteiger charge is -1.90. The van der Waals surface area contributed by atoms with E-state index in [1.807, 2.05) is 0 Å².